The number of carbonyl (C=O) groups is 1. The monoisotopic (exact) mass is 464 g/mol. The SMILES string of the molecule is CC(=O)C([NH-])CS.NC[C-]=O.[CH3-].[W].[Y]. The average Bonchev–Trinajstić information content (AvgIpc) is 2.03. The molecule has 0 saturated heterocycles. The molecule has 14 heavy (non-hydrogen) atoms. The Kier molecular flexibility index (Phi) is 50.4. The molecule has 0 heterocycles. The molecule has 0 aliphatic carbocycles. The second-order valence-corrected chi connectivity index (χ2v) is 2.06. The number of carbonyl (C=O) groups excluding carboxylic acids is 2. The molecule has 0 saturated carbocycles. The Labute approximate surface area is 131 Å². The first-order chi connectivity index (χ1) is 5.09. The van der Waals surface area contributed by atoms with Crippen molar-refractivity contribution in [3.8, 4) is 0 Å². The van der Waals surface area contributed by atoms with Gasteiger partial charge in [-0.3, -0.25) is 6.29 Å². The molecular formula is C7H15N2O2SWY-3. The molecule has 0 bridgehead atoms. The van der Waals surface area contributed by atoms with Gasteiger partial charge in [0, 0.05) is 53.8 Å². The number of Topliss-reactive ketones (excluding diaryl/α,β-unsaturated/α-hetero) is 1. The van der Waals surface area contributed by atoms with Crippen LogP contribution in [0.5, 0.6) is 0 Å². The Balaban J connectivity index is -0.0000000347. The van der Waals surface area contributed by atoms with E-state index >= 15 is 0 Å². The molecule has 1 unspecified atom stereocenters. The molecule has 4 nitrogen and oxygen atoms in total. The van der Waals surface area contributed by atoms with Crippen molar-refractivity contribution in [1.29, 1.82) is 0 Å². The van der Waals surface area contributed by atoms with Crippen molar-refractivity contribution in [2.75, 3.05) is 12.3 Å². The first kappa shape index (κ1) is 29.5. The molecular weight excluding hydrogens is 449 g/mol. The third kappa shape index (κ3) is 29.2. The van der Waals surface area contributed by atoms with Crippen LogP contribution in [0.15, 0.2) is 0 Å². The molecule has 0 fully saturated rings. The topological polar surface area (TPSA) is 84.0 Å². The maximum absolute atomic E-state index is 10.1. The summed E-state index contributed by atoms with van der Waals surface area (Å²) in [6.07, 6.45) is 1.46. The first-order valence-electron chi connectivity index (χ1n) is 2.97. The van der Waals surface area contributed by atoms with Crippen molar-refractivity contribution in [1.82, 2.24) is 0 Å². The zero-order valence-electron chi connectivity index (χ0n) is 8.32. The van der Waals surface area contributed by atoms with E-state index in [9.17, 15) is 4.79 Å². The summed E-state index contributed by atoms with van der Waals surface area (Å²) in [6.45, 7) is 1.41. The van der Waals surface area contributed by atoms with Gasteiger partial charge in [-0.1, -0.05) is 6.04 Å². The predicted molar refractivity (Wildman–Crippen MR) is 53.8 cm³/mol. The summed E-state index contributed by atoms with van der Waals surface area (Å²) in [6, 6.07) is -0.622. The van der Waals surface area contributed by atoms with Gasteiger partial charge in [-0.2, -0.15) is 12.6 Å². The zero-order chi connectivity index (χ0) is 9.28. The van der Waals surface area contributed by atoms with Crippen molar-refractivity contribution in [2.45, 2.75) is 13.0 Å². The largest absolute Gasteiger partial charge is 0.668 e. The Bertz CT molecular complexity index is 130. The summed E-state index contributed by atoms with van der Waals surface area (Å²) >= 11 is 3.75. The van der Waals surface area contributed by atoms with Crippen LogP contribution in [0.3, 0.4) is 0 Å². The molecule has 0 rings (SSSR count). The van der Waals surface area contributed by atoms with Crippen LogP contribution in [0.25, 0.3) is 5.73 Å². The van der Waals surface area contributed by atoms with Gasteiger partial charge in [0.15, 0.2) is 0 Å². The van der Waals surface area contributed by atoms with E-state index in [-0.39, 0.29) is 73.5 Å². The zero-order valence-corrected chi connectivity index (χ0v) is 15.0. The molecule has 0 spiro atoms. The van der Waals surface area contributed by atoms with Gasteiger partial charge in [-0.25, -0.2) is 0 Å². The van der Waals surface area contributed by atoms with Gasteiger partial charge < -0.3 is 28.5 Å². The second-order valence-electron chi connectivity index (χ2n) is 1.69. The van der Waals surface area contributed by atoms with E-state index in [0.29, 0.717) is 5.75 Å². The van der Waals surface area contributed by atoms with E-state index in [1.54, 1.807) is 0 Å². The smallest absolute Gasteiger partial charge is 0.113 e. The maximum atomic E-state index is 10.1. The third-order valence-corrected chi connectivity index (χ3v) is 1.12. The molecule has 83 valence electrons. The minimum atomic E-state index is -0.622. The molecule has 7 heteroatoms. The number of nitrogens with one attached hydrogen (secondary N) is 1. The summed E-state index contributed by atoms with van der Waals surface area (Å²) in [5, 5.41) is 0. The molecule has 0 aliphatic rings. The summed E-state index contributed by atoms with van der Waals surface area (Å²) in [4.78, 5) is 19.1. The van der Waals surface area contributed by atoms with Crippen LogP contribution in [0.1, 0.15) is 6.92 Å². The van der Waals surface area contributed by atoms with E-state index in [0.717, 1.165) is 0 Å². The number of hydrogen-bond donors (Lipinski definition) is 2. The standard InChI is InChI=1S/C4H8NOS.C2H4NO.CH3.W.Y/c1-3(6)4(5)2-7;3-1-2-4;;;/h4-5,7H,2H2,1H3;1,3H2;1H3;;/q3*-1;;. The average molecular weight is 464 g/mol. The van der Waals surface area contributed by atoms with Crippen LogP contribution in [0, 0.1) is 7.43 Å². The van der Waals surface area contributed by atoms with Crippen LogP contribution in [0.2, 0.25) is 0 Å². The third-order valence-electron chi connectivity index (χ3n) is 0.757. The molecule has 0 aromatic carbocycles. The number of hydrogen-bond acceptors (Lipinski definition) is 4. The van der Waals surface area contributed by atoms with E-state index in [1.807, 2.05) is 0 Å². The number of nitrogens with two attached hydrogens (primary N) is 1. The number of ketones is 1. The number of rotatable bonds is 3. The second kappa shape index (κ2) is 23.9. The molecule has 0 aliphatic heterocycles. The Hall–Kier alpha value is 1.40. The molecule has 3 N–H and O–H groups in total. The predicted octanol–water partition coefficient (Wildman–Crippen LogP) is 0.426. The summed E-state index contributed by atoms with van der Waals surface area (Å²) in [5.74, 6) is 0.213. The van der Waals surface area contributed by atoms with Crippen LogP contribution in [-0.4, -0.2) is 30.4 Å². The van der Waals surface area contributed by atoms with Gasteiger partial charge in [0.2, 0.25) is 0 Å². The van der Waals surface area contributed by atoms with E-state index in [4.69, 9.17) is 10.5 Å². The van der Waals surface area contributed by atoms with Crippen LogP contribution >= 0.6 is 12.6 Å². The summed E-state index contributed by atoms with van der Waals surface area (Å²) < 4.78 is 0. The summed E-state index contributed by atoms with van der Waals surface area (Å²) in [5.41, 5.74) is 11.5. The maximum Gasteiger partial charge on any atom is 0.113 e. The van der Waals surface area contributed by atoms with Gasteiger partial charge >= 0.3 is 0 Å². The molecule has 0 amide bonds. The fraction of sp³-hybridized carbons (Fsp3) is 0.571. The van der Waals surface area contributed by atoms with Gasteiger partial charge in [-0.05, 0) is 12.7 Å². The van der Waals surface area contributed by atoms with Crippen LogP contribution < -0.4 is 5.73 Å². The van der Waals surface area contributed by atoms with Gasteiger partial charge in [0.05, 0.1) is 0 Å². The molecule has 0 aromatic rings. The van der Waals surface area contributed by atoms with Crippen molar-refractivity contribution >= 4 is 24.7 Å². The summed E-state index contributed by atoms with van der Waals surface area (Å²) in [7, 11) is 0. The van der Waals surface area contributed by atoms with Crippen molar-refractivity contribution < 1.29 is 63.4 Å². The number of thiol groups is 1. The molecule has 1 radical (unpaired) electrons. The van der Waals surface area contributed by atoms with Crippen molar-refractivity contribution in [3.63, 3.8) is 0 Å². The Morgan fingerprint density at radius 2 is 1.93 bits per heavy atom. The van der Waals surface area contributed by atoms with E-state index in [2.05, 4.69) is 18.4 Å². The van der Waals surface area contributed by atoms with Gasteiger partial charge in [0.1, 0.15) is 5.78 Å². The van der Waals surface area contributed by atoms with Gasteiger partial charge in [-0.15, -0.1) is 6.54 Å². The fourth-order valence-electron chi connectivity index (χ4n) is 0.129. The minimum absolute atomic E-state index is 0. The first-order valence-corrected chi connectivity index (χ1v) is 3.60. The van der Waals surface area contributed by atoms with Crippen molar-refractivity contribution in [2.24, 2.45) is 5.73 Å². The Morgan fingerprint density at radius 3 is 1.93 bits per heavy atom. The van der Waals surface area contributed by atoms with Crippen LogP contribution in [0.4, 0.5) is 0 Å². The van der Waals surface area contributed by atoms with Crippen molar-refractivity contribution in [3.05, 3.63) is 13.2 Å². The quantitative estimate of drug-likeness (QED) is 0.470. The fourth-order valence-corrected chi connectivity index (χ4v) is 0.386. The van der Waals surface area contributed by atoms with E-state index in [1.165, 1.54) is 13.2 Å². The van der Waals surface area contributed by atoms with Crippen LogP contribution in [-0.2, 0) is 63.4 Å². The Morgan fingerprint density at radius 1 is 1.64 bits per heavy atom. The van der Waals surface area contributed by atoms with E-state index < -0.39 is 6.04 Å². The molecule has 1 atom stereocenters. The normalized spacial score (nSPS) is 8.57. The molecule has 0 aromatic heterocycles. The van der Waals surface area contributed by atoms with Gasteiger partial charge in [0.25, 0.3) is 0 Å². The minimum Gasteiger partial charge on any atom is -0.668 e.